The number of carbonyl (C=O) groups is 2. The van der Waals surface area contributed by atoms with E-state index in [0.717, 1.165) is 17.4 Å². The van der Waals surface area contributed by atoms with Crippen molar-refractivity contribution in [1.29, 1.82) is 0 Å². The summed E-state index contributed by atoms with van der Waals surface area (Å²) in [6, 6.07) is 8.20. The first-order valence-corrected chi connectivity index (χ1v) is 12.7. The molecule has 0 unspecified atom stereocenters. The Morgan fingerprint density at radius 1 is 1.06 bits per heavy atom. The van der Waals surface area contributed by atoms with Gasteiger partial charge in [0.1, 0.15) is 5.76 Å². The van der Waals surface area contributed by atoms with E-state index in [1.54, 1.807) is 24.5 Å². The topological polar surface area (TPSA) is 120 Å². The van der Waals surface area contributed by atoms with Crippen molar-refractivity contribution in [3.63, 3.8) is 0 Å². The fourth-order valence-electron chi connectivity index (χ4n) is 4.23. The SMILES string of the molecule is CN(C)S(=O)(=O)c1ccc(/C(O)=C2\C(=O)C(=O)N(CCN3CCOCC3)[C@@H]2c2ccncc2)cc1. The third-order valence-corrected chi connectivity index (χ3v) is 8.06. The molecule has 0 spiro atoms. The molecule has 1 N–H and O–H groups in total. The van der Waals surface area contributed by atoms with Crippen LogP contribution in [-0.4, -0.2) is 97.8 Å². The predicted molar refractivity (Wildman–Crippen MR) is 128 cm³/mol. The Labute approximate surface area is 204 Å². The zero-order valence-electron chi connectivity index (χ0n) is 19.6. The van der Waals surface area contributed by atoms with Crippen LogP contribution in [0.25, 0.3) is 5.76 Å². The van der Waals surface area contributed by atoms with Crippen LogP contribution < -0.4 is 0 Å². The van der Waals surface area contributed by atoms with E-state index in [4.69, 9.17) is 4.74 Å². The van der Waals surface area contributed by atoms with E-state index >= 15 is 0 Å². The minimum atomic E-state index is -3.65. The van der Waals surface area contributed by atoms with E-state index in [9.17, 15) is 23.1 Å². The molecule has 35 heavy (non-hydrogen) atoms. The number of ketones is 1. The number of aliphatic hydroxyl groups is 1. The van der Waals surface area contributed by atoms with Crippen LogP contribution in [0, 0.1) is 0 Å². The number of amides is 1. The Morgan fingerprint density at radius 3 is 2.29 bits per heavy atom. The first kappa shape index (κ1) is 25.0. The summed E-state index contributed by atoms with van der Waals surface area (Å²) in [6.45, 7) is 3.58. The lowest BCUT2D eigenvalue weighted by atomic mass is 9.96. The second-order valence-electron chi connectivity index (χ2n) is 8.54. The standard InChI is InChI=1S/C24H28N4O6S/c1-26(2)35(32,33)19-5-3-18(4-6-19)22(29)20-21(17-7-9-25-10-8-17)28(24(31)23(20)30)12-11-27-13-15-34-16-14-27/h3-10,21,29H,11-16H2,1-2H3/b22-20+/t21-/m1/s1. The molecule has 1 atom stereocenters. The molecule has 10 nitrogen and oxygen atoms in total. The van der Waals surface area contributed by atoms with Gasteiger partial charge in [0, 0.05) is 58.2 Å². The molecule has 0 saturated carbocycles. The second kappa shape index (κ2) is 10.2. The first-order valence-electron chi connectivity index (χ1n) is 11.2. The number of aromatic nitrogens is 1. The van der Waals surface area contributed by atoms with Crippen LogP contribution in [0.4, 0.5) is 0 Å². The van der Waals surface area contributed by atoms with Crippen LogP contribution >= 0.6 is 0 Å². The number of ether oxygens (including phenoxy) is 1. The van der Waals surface area contributed by atoms with Crippen molar-refractivity contribution in [1.82, 2.24) is 19.1 Å². The number of rotatable bonds is 7. The van der Waals surface area contributed by atoms with Gasteiger partial charge in [0.15, 0.2) is 0 Å². The van der Waals surface area contributed by atoms with E-state index in [-0.39, 0.29) is 21.8 Å². The number of pyridine rings is 1. The summed E-state index contributed by atoms with van der Waals surface area (Å²) in [5.41, 5.74) is 0.855. The summed E-state index contributed by atoms with van der Waals surface area (Å²) in [6.07, 6.45) is 3.14. The minimum absolute atomic E-state index is 0.0357. The molecule has 2 aliphatic rings. The van der Waals surface area contributed by atoms with Gasteiger partial charge in [-0.1, -0.05) is 0 Å². The number of Topliss-reactive ketones (excluding diaryl/α,β-unsaturated/α-hetero) is 1. The van der Waals surface area contributed by atoms with Gasteiger partial charge in [-0.25, -0.2) is 12.7 Å². The van der Waals surface area contributed by atoms with E-state index in [1.165, 1.54) is 43.3 Å². The highest BCUT2D eigenvalue weighted by Crippen LogP contribution is 2.39. The van der Waals surface area contributed by atoms with E-state index in [0.29, 0.717) is 31.9 Å². The Hall–Kier alpha value is -3.12. The Kier molecular flexibility index (Phi) is 7.31. The minimum Gasteiger partial charge on any atom is -0.507 e. The molecular formula is C24H28N4O6S. The van der Waals surface area contributed by atoms with Gasteiger partial charge in [-0.3, -0.25) is 19.5 Å². The summed E-state index contributed by atoms with van der Waals surface area (Å²) >= 11 is 0. The lowest BCUT2D eigenvalue weighted by Gasteiger charge is -2.31. The third kappa shape index (κ3) is 4.98. The van der Waals surface area contributed by atoms with Gasteiger partial charge in [0.05, 0.1) is 29.7 Å². The van der Waals surface area contributed by atoms with Crippen molar-refractivity contribution >= 4 is 27.5 Å². The van der Waals surface area contributed by atoms with E-state index in [1.807, 2.05) is 0 Å². The van der Waals surface area contributed by atoms with Crippen molar-refractivity contribution in [2.45, 2.75) is 10.9 Å². The van der Waals surface area contributed by atoms with Crippen molar-refractivity contribution in [3.8, 4) is 0 Å². The Bertz CT molecular complexity index is 1220. The van der Waals surface area contributed by atoms with Gasteiger partial charge in [0.2, 0.25) is 10.0 Å². The summed E-state index contributed by atoms with van der Waals surface area (Å²) < 4.78 is 31.2. The van der Waals surface area contributed by atoms with Crippen molar-refractivity contribution in [2.75, 3.05) is 53.5 Å². The van der Waals surface area contributed by atoms with Crippen LogP contribution in [0.2, 0.25) is 0 Å². The number of hydrogen-bond acceptors (Lipinski definition) is 8. The molecule has 3 heterocycles. The molecule has 1 aromatic heterocycles. The Balaban J connectivity index is 1.71. The van der Waals surface area contributed by atoms with Gasteiger partial charge >= 0.3 is 0 Å². The number of nitrogens with zero attached hydrogens (tertiary/aromatic N) is 4. The van der Waals surface area contributed by atoms with Crippen LogP contribution in [0.1, 0.15) is 17.2 Å². The molecule has 0 bridgehead atoms. The first-order chi connectivity index (χ1) is 16.7. The normalized spacial score (nSPS) is 21.1. The summed E-state index contributed by atoms with van der Waals surface area (Å²) in [5, 5.41) is 11.2. The molecular weight excluding hydrogens is 472 g/mol. The number of aliphatic hydroxyl groups excluding tert-OH is 1. The zero-order chi connectivity index (χ0) is 25.2. The largest absolute Gasteiger partial charge is 0.507 e. The van der Waals surface area contributed by atoms with E-state index < -0.39 is 27.8 Å². The molecule has 186 valence electrons. The van der Waals surface area contributed by atoms with Gasteiger partial charge in [-0.05, 0) is 42.0 Å². The third-order valence-electron chi connectivity index (χ3n) is 6.23. The van der Waals surface area contributed by atoms with Crippen molar-refractivity contribution in [2.24, 2.45) is 0 Å². The molecule has 1 aromatic carbocycles. The lowest BCUT2D eigenvalue weighted by Crippen LogP contribution is -2.42. The fraction of sp³-hybridized carbons (Fsp3) is 0.375. The highest BCUT2D eigenvalue weighted by atomic mass is 32.2. The summed E-state index contributed by atoms with van der Waals surface area (Å²) in [7, 11) is -0.799. The van der Waals surface area contributed by atoms with Gasteiger partial charge in [-0.15, -0.1) is 0 Å². The highest BCUT2D eigenvalue weighted by Gasteiger charge is 2.46. The lowest BCUT2D eigenvalue weighted by molar-refractivity contribution is -0.140. The van der Waals surface area contributed by atoms with Crippen LogP contribution in [-0.2, 0) is 24.3 Å². The average Bonchev–Trinajstić information content (AvgIpc) is 3.13. The highest BCUT2D eigenvalue weighted by molar-refractivity contribution is 7.89. The summed E-state index contributed by atoms with van der Waals surface area (Å²) in [4.78, 5) is 33.9. The molecule has 1 amide bonds. The van der Waals surface area contributed by atoms with Crippen LogP contribution in [0.3, 0.4) is 0 Å². The summed E-state index contributed by atoms with van der Waals surface area (Å²) in [5.74, 6) is -1.82. The molecule has 0 radical (unpaired) electrons. The predicted octanol–water partition coefficient (Wildman–Crippen LogP) is 1.09. The van der Waals surface area contributed by atoms with Gasteiger partial charge < -0.3 is 14.7 Å². The maximum absolute atomic E-state index is 13.1. The number of likely N-dealkylation sites (tertiary alicyclic amines) is 1. The number of hydrogen-bond donors (Lipinski definition) is 1. The molecule has 2 aromatic rings. The van der Waals surface area contributed by atoms with Gasteiger partial charge in [0.25, 0.3) is 11.7 Å². The van der Waals surface area contributed by atoms with Crippen LogP contribution in [0.5, 0.6) is 0 Å². The number of morpholine rings is 1. The van der Waals surface area contributed by atoms with Gasteiger partial charge in [-0.2, -0.15) is 0 Å². The maximum Gasteiger partial charge on any atom is 0.295 e. The number of sulfonamides is 1. The van der Waals surface area contributed by atoms with E-state index in [2.05, 4.69) is 9.88 Å². The average molecular weight is 501 g/mol. The smallest absolute Gasteiger partial charge is 0.295 e. The van der Waals surface area contributed by atoms with Crippen LogP contribution in [0.15, 0.2) is 59.3 Å². The van der Waals surface area contributed by atoms with Crippen molar-refractivity contribution in [3.05, 3.63) is 65.5 Å². The number of carbonyl (C=O) groups excluding carboxylic acids is 2. The zero-order valence-corrected chi connectivity index (χ0v) is 20.4. The number of benzene rings is 1. The molecule has 2 fully saturated rings. The molecule has 0 aliphatic carbocycles. The molecule has 11 heteroatoms. The monoisotopic (exact) mass is 500 g/mol. The van der Waals surface area contributed by atoms with Crippen molar-refractivity contribution < 1.29 is 27.9 Å². The Morgan fingerprint density at radius 2 is 1.69 bits per heavy atom. The second-order valence-corrected chi connectivity index (χ2v) is 10.7. The molecule has 2 aliphatic heterocycles. The molecule has 4 rings (SSSR count). The quantitative estimate of drug-likeness (QED) is 0.341. The fourth-order valence-corrected chi connectivity index (χ4v) is 5.13. The maximum atomic E-state index is 13.1. The molecule has 2 saturated heterocycles.